The number of hydrogen-bond donors (Lipinski definition) is 2. The van der Waals surface area contributed by atoms with E-state index in [1.165, 1.54) is 18.2 Å². The van der Waals surface area contributed by atoms with Gasteiger partial charge in [0, 0.05) is 22.4 Å². The molecule has 0 spiro atoms. The summed E-state index contributed by atoms with van der Waals surface area (Å²) in [5, 5.41) is 5.47. The number of carbonyl (C=O) groups is 2. The van der Waals surface area contributed by atoms with Crippen LogP contribution in [-0.2, 0) is 6.54 Å². The number of nitrogens with zero attached hydrogens (tertiary/aromatic N) is 2. The molecule has 2 heterocycles. The van der Waals surface area contributed by atoms with Gasteiger partial charge in [-0.1, -0.05) is 12.1 Å². The van der Waals surface area contributed by atoms with Crippen LogP contribution in [0.25, 0.3) is 0 Å². The Labute approximate surface area is 181 Å². The van der Waals surface area contributed by atoms with Gasteiger partial charge in [0.1, 0.15) is 23.5 Å². The number of ether oxygens (including phenoxy) is 1. The van der Waals surface area contributed by atoms with Gasteiger partial charge >= 0.3 is 6.61 Å². The number of aromatic nitrogens is 2. The van der Waals surface area contributed by atoms with Gasteiger partial charge in [-0.25, -0.2) is 9.97 Å². The number of rotatable bonds is 8. The maximum Gasteiger partial charge on any atom is 0.387 e. The van der Waals surface area contributed by atoms with E-state index >= 15 is 0 Å². The van der Waals surface area contributed by atoms with Gasteiger partial charge in [-0.05, 0) is 43.7 Å². The predicted octanol–water partition coefficient (Wildman–Crippen LogP) is 3.87. The first-order valence-corrected chi connectivity index (χ1v) is 10.1. The van der Waals surface area contributed by atoms with Gasteiger partial charge in [0.2, 0.25) is 0 Å². The van der Waals surface area contributed by atoms with Crippen molar-refractivity contribution in [2.24, 2.45) is 0 Å². The second kappa shape index (κ2) is 10.1. The minimum Gasteiger partial charge on any atom is -0.435 e. The number of halogens is 2. The molecule has 0 unspecified atom stereocenters. The van der Waals surface area contributed by atoms with Gasteiger partial charge in [0.05, 0.1) is 6.04 Å². The lowest BCUT2D eigenvalue weighted by atomic mass is 10.2. The normalized spacial score (nSPS) is 11.8. The Hall–Kier alpha value is -3.40. The van der Waals surface area contributed by atoms with Crippen molar-refractivity contribution in [1.82, 2.24) is 20.6 Å². The van der Waals surface area contributed by atoms with Gasteiger partial charge in [0.15, 0.2) is 0 Å². The number of hydrogen-bond acceptors (Lipinski definition) is 6. The Morgan fingerprint density at radius 3 is 2.52 bits per heavy atom. The number of aryl methyl sites for hydroxylation is 1. The lowest BCUT2D eigenvalue weighted by Crippen LogP contribution is -2.28. The number of thiophene rings is 1. The van der Waals surface area contributed by atoms with E-state index in [4.69, 9.17) is 0 Å². The Balaban J connectivity index is 1.61. The quantitative estimate of drug-likeness (QED) is 0.548. The second-order valence-electron chi connectivity index (χ2n) is 6.64. The van der Waals surface area contributed by atoms with Crippen LogP contribution >= 0.6 is 11.3 Å². The van der Waals surface area contributed by atoms with Crippen LogP contribution in [-0.4, -0.2) is 28.4 Å². The third-order valence-electron chi connectivity index (χ3n) is 4.24. The van der Waals surface area contributed by atoms with E-state index in [2.05, 4.69) is 25.3 Å². The van der Waals surface area contributed by atoms with E-state index in [9.17, 15) is 18.4 Å². The molecule has 0 aliphatic rings. The maximum absolute atomic E-state index is 12.5. The first-order valence-electron chi connectivity index (χ1n) is 9.33. The van der Waals surface area contributed by atoms with Crippen LogP contribution in [0.15, 0.2) is 48.8 Å². The zero-order chi connectivity index (χ0) is 22.4. The summed E-state index contributed by atoms with van der Waals surface area (Å²) in [6, 6.07) is 11.0. The lowest BCUT2D eigenvalue weighted by molar-refractivity contribution is -0.0498. The molecule has 2 N–H and O–H groups in total. The molecule has 0 saturated carbocycles. The van der Waals surface area contributed by atoms with Crippen molar-refractivity contribution in [1.29, 1.82) is 0 Å². The maximum atomic E-state index is 12.5. The highest BCUT2D eigenvalue weighted by molar-refractivity contribution is 7.12. The molecule has 1 atom stereocenters. The van der Waals surface area contributed by atoms with E-state index < -0.39 is 18.4 Å². The Bertz CT molecular complexity index is 1070. The summed E-state index contributed by atoms with van der Waals surface area (Å²) in [6.45, 7) is 0.991. The van der Waals surface area contributed by atoms with Crippen LogP contribution in [0.4, 0.5) is 8.78 Å². The predicted molar refractivity (Wildman–Crippen MR) is 111 cm³/mol. The number of amides is 2. The monoisotopic (exact) mass is 446 g/mol. The molecule has 0 fully saturated rings. The largest absolute Gasteiger partial charge is 0.435 e. The van der Waals surface area contributed by atoms with Gasteiger partial charge in [0.25, 0.3) is 11.8 Å². The zero-order valence-electron chi connectivity index (χ0n) is 16.8. The summed E-state index contributed by atoms with van der Waals surface area (Å²) in [7, 11) is 0. The third kappa shape index (κ3) is 6.29. The van der Waals surface area contributed by atoms with E-state index in [1.807, 2.05) is 26.0 Å². The van der Waals surface area contributed by atoms with E-state index in [0.29, 0.717) is 5.56 Å². The Morgan fingerprint density at radius 2 is 1.84 bits per heavy atom. The molecule has 1 aromatic carbocycles. The van der Waals surface area contributed by atoms with Crippen LogP contribution in [0.1, 0.15) is 49.3 Å². The van der Waals surface area contributed by atoms with Crippen molar-refractivity contribution >= 4 is 23.2 Å². The van der Waals surface area contributed by atoms with Crippen LogP contribution < -0.4 is 15.4 Å². The summed E-state index contributed by atoms with van der Waals surface area (Å²) in [6.07, 6.45) is 1.14. The third-order valence-corrected chi connectivity index (χ3v) is 5.43. The molecular weight excluding hydrogens is 426 g/mol. The fraction of sp³-hybridized carbons (Fsp3) is 0.238. The number of alkyl halides is 2. The SMILES string of the molecule is Cc1ccc([C@H](C)NC(=O)c2cc(C(=O)NCc3cccc(OC(F)F)c3)ncn2)s1. The summed E-state index contributed by atoms with van der Waals surface area (Å²) >= 11 is 1.59. The molecule has 10 heteroatoms. The fourth-order valence-electron chi connectivity index (χ4n) is 2.74. The number of nitrogens with one attached hydrogen (secondary N) is 2. The van der Waals surface area contributed by atoms with Crippen molar-refractivity contribution in [2.45, 2.75) is 33.0 Å². The summed E-state index contributed by atoms with van der Waals surface area (Å²) in [5.74, 6) is -0.955. The average Bonchev–Trinajstić information content (AvgIpc) is 3.18. The van der Waals surface area contributed by atoms with Crippen LogP contribution in [0.3, 0.4) is 0 Å². The zero-order valence-corrected chi connectivity index (χ0v) is 17.6. The minimum atomic E-state index is -2.93. The molecule has 0 bridgehead atoms. The molecule has 2 aromatic heterocycles. The topological polar surface area (TPSA) is 93.2 Å². The first kappa shape index (κ1) is 22.3. The molecule has 3 aromatic rings. The highest BCUT2D eigenvalue weighted by Gasteiger charge is 2.17. The highest BCUT2D eigenvalue weighted by atomic mass is 32.1. The van der Waals surface area contributed by atoms with Crippen LogP contribution in [0.2, 0.25) is 0 Å². The summed E-state index contributed by atoms with van der Waals surface area (Å²) < 4.78 is 29.0. The van der Waals surface area contributed by atoms with Gasteiger partial charge < -0.3 is 15.4 Å². The molecular formula is C21H20F2N4O3S. The fourth-order valence-corrected chi connectivity index (χ4v) is 3.62. The molecule has 2 amide bonds. The van der Waals surface area contributed by atoms with E-state index in [-0.39, 0.29) is 29.7 Å². The smallest absolute Gasteiger partial charge is 0.387 e. The van der Waals surface area contributed by atoms with Crippen molar-refractivity contribution in [3.05, 3.63) is 75.5 Å². The van der Waals surface area contributed by atoms with Crippen molar-refractivity contribution in [3.63, 3.8) is 0 Å². The molecule has 3 rings (SSSR count). The molecule has 0 saturated heterocycles. The van der Waals surface area contributed by atoms with E-state index in [1.54, 1.807) is 23.5 Å². The number of carbonyl (C=O) groups excluding carboxylic acids is 2. The standard InChI is InChI=1S/C21H20F2N4O3S/c1-12-6-7-18(31-12)13(2)27-20(29)17-9-16(25-11-26-17)19(28)24-10-14-4-3-5-15(8-14)30-21(22)23/h3-9,11,13,21H,10H2,1-2H3,(H,24,28)(H,27,29)/t13-/m0/s1. The van der Waals surface area contributed by atoms with Crippen LogP contribution in [0.5, 0.6) is 5.75 Å². The molecule has 162 valence electrons. The van der Waals surface area contributed by atoms with Gasteiger partial charge in [-0.2, -0.15) is 8.78 Å². The van der Waals surface area contributed by atoms with Crippen molar-refractivity contribution < 1.29 is 23.1 Å². The highest BCUT2D eigenvalue weighted by Crippen LogP contribution is 2.22. The average molecular weight is 446 g/mol. The molecule has 7 nitrogen and oxygen atoms in total. The van der Waals surface area contributed by atoms with Gasteiger partial charge in [-0.3, -0.25) is 9.59 Å². The first-order chi connectivity index (χ1) is 14.8. The summed E-state index contributed by atoms with van der Waals surface area (Å²) in [4.78, 5) is 34.9. The van der Waals surface area contributed by atoms with Crippen molar-refractivity contribution in [3.8, 4) is 5.75 Å². The molecule has 0 aliphatic carbocycles. The van der Waals surface area contributed by atoms with Gasteiger partial charge in [-0.15, -0.1) is 11.3 Å². The number of benzene rings is 1. The molecule has 0 radical (unpaired) electrons. The lowest BCUT2D eigenvalue weighted by Gasteiger charge is -2.12. The molecule has 31 heavy (non-hydrogen) atoms. The Morgan fingerprint density at radius 1 is 1.10 bits per heavy atom. The summed E-state index contributed by atoms with van der Waals surface area (Å²) in [5.41, 5.74) is 0.644. The minimum absolute atomic E-state index is 0.00204. The van der Waals surface area contributed by atoms with E-state index in [0.717, 1.165) is 16.1 Å². The second-order valence-corrected chi connectivity index (χ2v) is 7.96. The molecule has 0 aliphatic heterocycles. The van der Waals surface area contributed by atoms with Crippen molar-refractivity contribution in [2.75, 3.05) is 0 Å². The van der Waals surface area contributed by atoms with Crippen LogP contribution in [0, 0.1) is 6.92 Å². The Kier molecular flexibility index (Phi) is 7.24.